The first kappa shape index (κ1) is 18.3. The Bertz CT molecular complexity index is 694. The van der Waals surface area contributed by atoms with E-state index in [1.54, 1.807) is 6.07 Å². The summed E-state index contributed by atoms with van der Waals surface area (Å²) >= 11 is 0. The average Bonchev–Trinajstić information content (AvgIpc) is 2.55. The van der Waals surface area contributed by atoms with Crippen LogP contribution in [-0.4, -0.2) is 27.5 Å². The van der Waals surface area contributed by atoms with Crippen molar-refractivity contribution in [3.8, 4) is 0 Å². The van der Waals surface area contributed by atoms with Crippen LogP contribution in [0.4, 0.5) is 4.39 Å². The van der Waals surface area contributed by atoms with E-state index >= 15 is 0 Å². The van der Waals surface area contributed by atoms with Gasteiger partial charge in [-0.2, -0.15) is 0 Å². The number of benzene rings is 2. The molecule has 0 aromatic heterocycles. The fourth-order valence-electron chi connectivity index (χ4n) is 2.22. The second-order valence-electron chi connectivity index (χ2n) is 5.40. The number of rotatable bonds is 8. The Labute approximate surface area is 143 Å². The zero-order chi connectivity index (χ0) is 17.4. The molecule has 2 aromatic carbocycles. The van der Waals surface area contributed by atoms with Crippen molar-refractivity contribution in [1.29, 1.82) is 0 Å². The van der Waals surface area contributed by atoms with Gasteiger partial charge in [0.25, 0.3) is 0 Å². The van der Waals surface area contributed by atoms with Crippen molar-refractivity contribution in [2.45, 2.75) is 18.3 Å². The van der Waals surface area contributed by atoms with Gasteiger partial charge in [-0.25, -0.2) is 4.39 Å². The summed E-state index contributed by atoms with van der Waals surface area (Å²) in [5, 5.41) is 12.6. The molecular formula is C18H20FNO3S. The molecule has 6 heteroatoms. The van der Waals surface area contributed by atoms with Crippen molar-refractivity contribution in [3.63, 3.8) is 0 Å². The van der Waals surface area contributed by atoms with Gasteiger partial charge in [-0.05, 0) is 23.3 Å². The maximum Gasteiger partial charge on any atom is 0.222 e. The zero-order valence-electron chi connectivity index (χ0n) is 13.2. The minimum Gasteiger partial charge on any atom is -0.388 e. The smallest absolute Gasteiger partial charge is 0.222 e. The molecular weight excluding hydrogens is 329 g/mol. The highest BCUT2D eigenvalue weighted by Crippen LogP contribution is 2.17. The van der Waals surface area contributed by atoms with Gasteiger partial charge in [0.2, 0.25) is 5.91 Å². The molecule has 0 aliphatic carbocycles. The van der Waals surface area contributed by atoms with Crippen LogP contribution in [0.1, 0.15) is 23.7 Å². The van der Waals surface area contributed by atoms with Gasteiger partial charge in [0, 0.05) is 28.9 Å². The molecule has 2 rings (SSSR count). The predicted molar refractivity (Wildman–Crippen MR) is 92.1 cm³/mol. The molecule has 2 N–H and O–H groups in total. The van der Waals surface area contributed by atoms with E-state index in [4.69, 9.17) is 0 Å². The maximum atomic E-state index is 13.1. The van der Waals surface area contributed by atoms with Crippen molar-refractivity contribution >= 4 is 16.7 Å². The van der Waals surface area contributed by atoms with Crippen LogP contribution < -0.4 is 5.32 Å². The SMILES string of the molecule is O=C(CC(O)c1cccc(F)c1)NCCS(=O)Cc1ccccc1. The van der Waals surface area contributed by atoms with Crippen molar-refractivity contribution < 1.29 is 18.5 Å². The van der Waals surface area contributed by atoms with Crippen LogP contribution in [0.25, 0.3) is 0 Å². The van der Waals surface area contributed by atoms with Gasteiger partial charge in [0.1, 0.15) is 5.82 Å². The monoisotopic (exact) mass is 349 g/mol. The van der Waals surface area contributed by atoms with E-state index in [1.165, 1.54) is 18.2 Å². The molecule has 0 fully saturated rings. The minimum absolute atomic E-state index is 0.158. The molecule has 0 heterocycles. The van der Waals surface area contributed by atoms with Gasteiger partial charge in [0.05, 0.1) is 12.5 Å². The topological polar surface area (TPSA) is 66.4 Å². The fraction of sp³-hybridized carbons (Fsp3) is 0.278. The van der Waals surface area contributed by atoms with E-state index in [0.717, 1.165) is 5.56 Å². The second-order valence-corrected chi connectivity index (χ2v) is 6.98. The number of hydrogen-bond donors (Lipinski definition) is 2. The summed E-state index contributed by atoms with van der Waals surface area (Å²) in [5.74, 6) is -0.0222. The van der Waals surface area contributed by atoms with Crippen LogP contribution in [0, 0.1) is 5.82 Å². The lowest BCUT2D eigenvalue weighted by Crippen LogP contribution is -2.29. The van der Waals surface area contributed by atoms with Crippen LogP contribution in [0.2, 0.25) is 0 Å². The van der Waals surface area contributed by atoms with Gasteiger partial charge in [0.15, 0.2) is 0 Å². The summed E-state index contributed by atoms with van der Waals surface area (Å²) in [6.07, 6.45) is -1.22. The fourth-order valence-corrected chi connectivity index (χ4v) is 3.25. The molecule has 2 unspecified atom stereocenters. The lowest BCUT2D eigenvalue weighted by Gasteiger charge is -2.11. The van der Waals surface area contributed by atoms with Crippen LogP contribution in [-0.2, 0) is 21.3 Å². The molecule has 0 saturated heterocycles. The number of halogens is 1. The standard InChI is InChI=1S/C18H20FNO3S/c19-16-8-4-7-15(11-16)17(21)12-18(22)20-9-10-24(23)13-14-5-2-1-3-6-14/h1-8,11,17,21H,9-10,12-13H2,(H,20,22). The first-order valence-corrected chi connectivity index (χ1v) is 9.12. The lowest BCUT2D eigenvalue weighted by atomic mass is 10.1. The molecule has 128 valence electrons. The molecule has 0 aliphatic rings. The van der Waals surface area contributed by atoms with E-state index in [9.17, 15) is 18.5 Å². The highest BCUT2D eigenvalue weighted by molar-refractivity contribution is 7.84. The number of aliphatic hydroxyl groups excluding tert-OH is 1. The number of amides is 1. The Morgan fingerprint density at radius 3 is 2.62 bits per heavy atom. The van der Waals surface area contributed by atoms with Gasteiger partial charge in [-0.15, -0.1) is 0 Å². The summed E-state index contributed by atoms with van der Waals surface area (Å²) in [6.45, 7) is 0.272. The lowest BCUT2D eigenvalue weighted by molar-refractivity contribution is -0.122. The Morgan fingerprint density at radius 2 is 1.92 bits per heavy atom. The number of nitrogens with one attached hydrogen (secondary N) is 1. The molecule has 1 amide bonds. The highest BCUT2D eigenvalue weighted by Gasteiger charge is 2.13. The number of hydrogen-bond acceptors (Lipinski definition) is 3. The molecule has 2 atom stereocenters. The van der Waals surface area contributed by atoms with E-state index in [2.05, 4.69) is 5.32 Å². The van der Waals surface area contributed by atoms with E-state index < -0.39 is 22.7 Å². The van der Waals surface area contributed by atoms with E-state index in [1.807, 2.05) is 30.3 Å². The number of aliphatic hydroxyl groups is 1. The summed E-state index contributed by atoms with van der Waals surface area (Å²) in [7, 11) is -1.07. The quantitative estimate of drug-likeness (QED) is 0.769. The summed E-state index contributed by atoms with van der Waals surface area (Å²) in [5.41, 5.74) is 1.35. The van der Waals surface area contributed by atoms with Crippen LogP contribution in [0.15, 0.2) is 54.6 Å². The average molecular weight is 349 g/mol. The maximum absolute atomic E-state index is 13.1. The molecule has 0 saturated carbocycles. The molecule has 2 aromatic rings. The van der Waals surface area contributed by atoms with Crippen molar-refractivity contribution in [3.05, 3.63) is 71.5 Å². The van der Waals surface area contributed by atoms with E-state index in [-0.39, 0.29) is 18.9 Å². The molecule has 0 radical (unpaired) electrons. The van der Waals surface area contributed by atoms with Gasteiger partial charge < -0.3 is 10.4 Å². The van der Waals surface area contributed by atoms with Crippen molar-refractivity contribution in [2.75, 3.05) is 12.3 Å². The number of carbonyl (C=O) groups excluding carboxylic acids is 1. The van der Waals surface area contributed by atoms with Crippen LogP contribution in [0.3, 0.4) is 0 Å². The third-order valence-corrected chi connectivity index (χ3v) is 4.75. The third-order valence-electron chi connectivity index (χ3n) is 3.43. The zero-order valence-corrected chi connectivity index (χ0v) is 14.0. The molecule has 0 spiro atoms. The molecule has 0 bridgehead atoms. The molecule has 24 heavy (non-hydrogen) atoms. The van der Waals surface area contributed by atoms with Gasteiger partial charge in [-0.3, -0.25) is 9.00 Å². The van der Waals surface area contributed by atoms with Crippen molar-refractivity contribution in [1.82, 2.24) is 5.32 Å². The summed E-state index contributed by atoms with van der Waals surface area (Å²) in [6, 6.07) is 15.0. The Morgan fingerprint density at radius 1 is 1.17 bits per heavy atom. The largest absolute Gasteiger partial charge is 0.388 e. The Balaban J connectivity index is 1.70. The van der Waals surface area contributed by atoms with Crippen LogP contribution in [0.5, 0.6) is 0 Å². The summed E-state index contributed by atoms with van der Waals surface area (Å²) in [4.78, 5) is 11.8. The minimum atomic E-state index is -1.07. The Hall–Kier alpha value is -2.05. The first-order chi connectivity index (χ1) is 11.5. The van der Waals surface area contributed by atoms with Crippen molar-refractivity contribution in [2.24, 2.45) is 0 Å². The van der Waals surface area contributed by atoms with Gasteiger partial charge in [-0.1, -0.05) is 42.5 Å². The van der Waals surface area contributed by atoms with Gasteiger partial charge >= 0.3 is 0 Å². The highest BCUT2D eigenvalue weighted by atomic mass is 32.2. The molecule has 4 nitrogen and oxygen atoms in total. The number of carbonyl (C=O) groups is 1. The third kappa shape index (κ3) is 6.22. The predicted octanol–water partition coefficient (Wildman–Crippen LogP) is 2.31. The van der Waals surface area contributed by atoms with E-state index in [0.29, 0.717) is 17.1 Å². The summed E-state index contributed by atoms with van der Waals surface area (Å²) < 4.78 is 25.0. The van der Waals surface area contributed by atoms with Crippen LogP contribution >= 0.6 is 0 Å². The Kier molecular flexibility index (Phi) is 7.08. The first-order valence-electron chi connectivity index (χ1n) is 7.63. The molecule has 0 aliphatic heterocycles. The second kappa shape index (κ2) is 9.30. The normalized spacial score (nSPS) is 13.2.